The molecule has 2 fully saturated rings. The first-order chi connectivity index (χ1) is 15.8. The summed E-state index contributed by atoms with van der Waals surface area (Å²) in [4.78, 5) is 41.5. The molecule has 2 aromatic carbocycles. The summed E-state index contributed by atoms with van der Waals surface area (Å²) in [6.45, 7) is 8.60. The molecular weight excluding hydrogens is 438 g/mol. The van der Waals surface area contributed by atoms with Gasteiger partial charge in [-0.2, -0.15) is 0 Å². The van der Waals surface area contributed by atoms with Crippen LogP contribution >= 0.6 is 11.8 Å². The van der Waals surface area contributed by atoms with Crippen LogP contribution in [0.15, 0.2) is 41.3 Å². The molecule has 4 rings (SSSR count). The van der Waals surface area contributed by atoms with Gasteiger partial charge in [0.1, 0.15) is 6.54 Å². The van der Waals surface area contributed by atoms with Crippen LogP contribution in [0.2, 0.25) is 0 Å². The largest absolute Gasteiger partial charge is 0.378 e. The SMILES string of the molecule is Cc1cc(N2CCOCC2)ccc1C=C1SC(=O)N(CC(=O)Nc2c(C)cccc2C)C1=O. The lowest BCUT2D eigenvalue weighted by atomic mass is 10.1. The highest BCUT2D eigenvalue weighted by atomic mass is 32.2. The van der Waals surface area contributed by atoms with E-state index < -0.39 is 17.1 Å². The number of anilines is 2. The van der Waals surface area contributed by atoms with Crippen molar-refractivity contribution in [3.8, 4) is 0 Å². The summed E-state index contributed by atoms with van der Waals surface area (Å²) < 4.78 is 5.41. The van der Waals surface area contributed by atoms with Crippen molar-refractivity contribution in [1.29, 1.82) is 0 Å². The summed E-state index contributed by atoms with van der Waals surface area (Å²) in [6, 6.07) is 11.8. The number of ether oxygens (including phenoxy) is 1. The van der Waals surface area contributed by atoms with E-state index in [2.05, 4.69) is 16.3 Å². The van der Waals surface area contributed by atoms with Crippen molar-refractivity contribution in [3.63, 3.8) is 0 Å². The minimum absolute atomic E-state index is 0.315. The molecule has 8 heteroatoms. The third-order valence-corrected chi connectivity index (χ3v) is 6.74. The van der Waals surface area contributed by atoms with Crippen molar-refractivity contribution < 1.29 is 19.1 Å². The zero-order chi connectivity index (χ0) is 23.5. The second-order valence-electron chi connectivity index (χ2n) is 8.22. The van der Waals surface area contributed by atoms with Gasteiger partial charge in [-0.05, 0) is 73.0 Å². The van der Waals surface area contributed by atoms with E-state index in [1.165, 1.54) is 0 Å². The quantitative estimate of drug-likeness (QED) is 0.669. The molecule has 0 unspecified atom stereocenters. The molecule has 0 radical (unpaired) electrons. The molecule has 3 amide bonds. The Bertz CT molecular complexity index is 1120. The van der Waals surface area contributed by atoms with E-state index in [4.69, 9.17) is 4.74 Å². The first-order valence-corrected chi connectivity index (χ1v) is 11.7. The number of morpholine rings is 1. The monoisotopic (exact) mass is 465 g/mol. The number of rotatable bonds is 5. The summed E-state index contributed by atoms with van der Waals surface area (Å²) in [6.07, 6.45) is 1.73. The molecule has 1 N–H and O–H groups in total. The number of thioether (sulfide) groups is 1. The number of benzene rings is 2. The van der Waals surface area contributed by atoms with Crippen molar-refractivity contribution in [3.05, 3.63) is 63.6 Å². The number of nitrogens with zero attached hydrogens (tertiary/aromatic N) is 2. The second kappa shape index (κ2) is 9.80. The summed E-state index contributed by atoms with van der Waals surface area (Å²) in [5, 5.41) is 2.39. The van der Waals surface area contributed by atoms with Crippen molar-refractivity contribution in [2.24, 2.45) is 0 Å². The molecule has 2 saturated heterocycles. The topological polar surface area (TPSA) is 79.0 Å². The van der Waals surface area contributed by atoms with Crippen LogP contribution in [0.3, 0.4) is 0 Å². The van der Waals surface area contributed by atoms with Crippen LogP contribution in [-0.4, -0.2) is 54.8 Å². The molecule has 0 bridgehead atoms. The lowest BCUT2D eigenvalue weighted by Crippen LogP contribution is -2.36. The van der Waals surface area contributed by atoms with Gasteiger partial charge in [0.25, 0.3) is 11.1 Å². The van der Waals surface area contributed by atoms with Crippen LogP contribution in [0.25, 0.3) is 6.08 Å². The number of carbonyl (C=O) groups excluding carboxylic acids is 3. The Labute approximate surface area is 197 Å². The standard InChI is InChI=1S/C25H27N3O4S/c1-16-5-4-6-17(2)23(16)26-22(29)15-28-24(30)21(33-25(28)31)14-19-7-8-20(13-18(19)3)27-9-11-32-12-10-27/h4-8,13-14H,9-12,15H2,1-3H3,(H,26,29). The fourth-order valence-electron chi connectivity index (χ4n) is 3.95. The molecule has 2 heterocycles. The molecule has 0 aromatic heterocycles. The first kappa shape index (κ1) is 23.1. The maximum atomic E-state index is 12.9. The summed E-state index contributed by atoms with van der Waals surface area (Å²) in [7, 11) is 0. The minimum atomic E-state index is -0.446. The number of hydrogen-bond acceptors (Lipinski definition) is 6. The fourth-order valence-corrected chi connectivity index (χ4v) is 4.78. The summed E-state index contributed by atoms with van der Waals surface area (Å²) >= 11 is 0.864. The summed E-state index contributed by atoms with van der Waals surface area (Å²) in [5.74, 6) is -0.847. The van der Waals surface area contributed by atoms with Gasteiger partial charge in [0, 0.05) is 24.5 Å². The van der Waals surface area contributed by atoms with Crippen LogP contribution in [0.5, 0.6) is 0 Å². The highest BCUT2D eigenvalue weighted by molar-refractivity contribution is 8.18. The van der Waals surface area contributed by atoms with Gasteiger partial charge in [-0.15, -0.1) is 0 Å². The van der Waals surface area contributed by atoms with Gasteiger partial charge < -0.3 is 15.0 Å². The molecule has 0 spiro atoms. The lowest BCUT2D eigenvalue weighted by Gasteiger charge is -2.29. The van der Waals surface area contributed by atoms with Gasteiger partial charge in [0.05, 0.1) is 18.1 Å². The number of nitrogens with one attached hydrogen (secondary N) is 1. The van der Waals surface area contributed by atoms with Crippen LogP contribution < -0.4 is 10.2 Å². The minimum Gasteiger partial charge on any atom is -0.378 e. The number of hydrogen-bond donors (Lipinski definition) is 1. The molecule has 7 nitrogen and oxygen atoms in total. The van der Waals surface area contributed by atoms with Crippen molar-refractivity contribution in [2.75, 3.05) is 43.1 Å². The van der Waals surface area contributed by atoms with Gasteiger partial charge in [-0.1, -0.05) is 24.3 Å². The molecule has 0 saturated carbocycles. The van der Waals surface area contributed by atoms with Gasteiger partial charge in [0.2, 0.25) is 5.91 Å². The Balaban J connectivity index is 1.46. The normalized spacial score (nSPS) is 17.7. The van der Waals surface area contributed by atoms with E-state index in [1.54, 1.807) is 6.08 Å². The number of para-hydroxylation sites is 1. The lowest BCUT2D eigenvalue weighted by molar-refractivity contribution is -0.127. The van der Waals surface area contributed by atoms with Crippen molar-refractivity contribution >= 4 is 46.3 Å². The van der Waals surface area contributed by atoms with Gasteiger partial charge in [0.15, 0.2) is 0 Å². The maximum Gasteiger partial charge on any atom is 0.294 e. The highest BCUT2D eigenvalue weighted by Gasteiger charge is 2.36. The Morgan fingerprint density at radius 1 is 1.06 bits per heavy atom. The van der Waals surface area contributed by atoms with E-state index >= 15 is 0 Å². The molecule has 33 heavy (non-hydrogen) atoms. The fraction of sp³-hybridized carbons (Fsp3) is 0.320. The van der Waals surface area contributed by atoms with Crippen LogP contribution in [0.1, 0.15) is 22.3 Å². The van der Waals surface area contributed by atoms with E-state index in [9.17, 15) is 14.4 Å². The molecule has 2 aliphatic heterocycles. The third-order valence-electron chi connectivity index (χ3n) is 5.84. The Hall–Kier alpha value is -3.10. The number of imide groups is 1. The molecule has 2 aliphatic rings. The van der Waals surface area contributed by atoms with Gasteiger partial charge >= 0.3 is 0 Å². The molecule has 0 atom stereocenters. The molecule has 172 valence electrons. The smallest absolute Gasteiger partial charge is 0.294 e. The Kier molecular flexibility index (Phi) is 6.85. The van der Waals surface area contributed by atoms with Crippen molar-refractivity contribution in [2.45, 2.75) is 20.8 Å². The number of carbonyl (C=O) groups is 3. The van der Waals surface area contributed by atoms with Gasteiger partial charge in [-0.25, -0.2) is 0 Å². The van der Waals surface area contributed by atoms with Crippen LogP contribution in [-0.2, 0) is 14.3 Å². The molecular formula is C25H27N3O4S. The van der Waals surface area contributed by atoms with E-state index in [0.29, 0.717) is 23.8 Å². The van der Waals surface area contributed by atoms with Crippen LogP contribution in [0.4, 0.5) is 16.2 Å². The second-order valence-corrected chi connectivity index (χ2v) is 9.22. The zero-order valence-corrected chi connectivity index (χ0v) is 19.8. The van der Waals surface area contributed by atoms with Gasteiger partial charge in [-0.3, -0.25) is 19.3 Å². The zero-order valence-electron chi connectivity index (χ0n) is 19.0. The number of amides is 3. The Morgan fingerprint density at radius 2 is 1.76 bits per heavy atom. The predicted molar refractivity (Wildman–Crippen MR) is 131 cm³/mol. The van der Waals surface area contributed by atoms with E-state index in [1.807, 2.05) is 51.1 Å². The van der Waals surface area contributed by atoms with Crippen molar-refractivity contribution in [1.82, 2.24) is 4.90 Å². The van der Waals surface area contributed by atoms with E-state index in [-0.39, 0.29) is 6.54 Å². The third kappa shape index (κ3) is 5.12. The average molecular weight is 466 g/mol. The average Bonchev–Trinajstić information content (AvgIpc) is 3.05. The Morgan fingerprint density at radius 3 is 2.42 bits per heavy atom. The maximum absolute atomic E-state index is 12.9. The highest BCUT2D eigenvalue weighted by Crippen LogP contribution is 2.33. The summed E-state index contributed by atoms with van der Waals surface area (Å²) in [5.41, 5.74) is 5.56. The van der Waals surface area contributed by atoms with Crippen LogP contribution in [0, 0.1) is 20.8 Å². The first-order valence-electron chi connectivity index (χ1n) is 10.9. The van der Waals surface area contributed by atoms with E-state index in [0.717, 1.165) is 57.7 Å². The predicted octanol–water partition coefficient (Wildman–Crippen LogP) is 4.12. The molecule has 0 aliphatic carbocycles. The molecule has 2 aromatic rings. The number of aryl methyl sites for hydroxylation is 3.